The van der Waals surface area contributed by atoms with E-state index in [1.54, 1.807) is 6.07 Å². The highest BCUT2D eigenvalue weighted by Crippen LogP contribution is 2.24. The summed E-state index contributed by atoms with van der Waals surface area (Å²) < 4.78 is 0. The van der Waals surface area contributed by atoms with Crippen molar-refractivity contribution in [2.75, 3.05) is 13.1 Å². The number of hydrogen-bond acceptors (Lipinski definition) is 4. The van der Waals surface area contributed by atoms with E-state index in [-0.39, 0.29) is 0 Å². The maximum absolute atomic E-state index is 11.3. The van der Waals surface area contributed by atoms with Crippen LogP contribution in [0, 0.1) is 5.92 Å². The summed E-state index contributed by atoms with van der Waals surface area (Å²) in [4.78, 5) is 25.5. The highest BCUT2D eigenvalue weighted by molar-refractivity contribution is 5.90. The van der Waals surface area contributed by atoms with Crippen LogP contribution in [0.5, 0.6) is 0 Å². The van der Waals surface area contributed by atoms with Crippen molar-refractivity contribution in [3.05, 3.63) is 59.8 Å². The lowest BCUT2D eigenvalue weighted by Gasteiger charge is -2.20. The maximum Gasteiger partial charge on any atom is 0.267 e. The average molecular weight is 363 g/mol. The summed E-state index contributed by atoms with van der Waals surface area (Å²) in [6.07, 6.45) is 7.96. The minimum Gasteiger partial charge on any atom is -0.364 e. The normalized spacial score (nSPS) is 18.4. The summed E-state index contributed by atoms with van der Waals surface area (Å²) in [6, 6.07) is 10.2. The smallest absolute Gasteiger partial charge is 0.267 e. The molecule has 1 aliphatic rings. The van der Waals surface area contributed by atoms with Crippen molar-refractivity contribution in [2.24, 2.45) is 11.7 Å². The molecule has 3 N–H and O–H groups in total. The number of benzene rings is 1. The number of H-pyrrole nitrogens is 1. The van der Waals surface area contributed by atoms with Gasteiger partial charge in [0.25, 0.3) is 5.91 Å². The molecule has 140 valence electrons. The van der Waals surface area contributed by atoms with Crippen LogP contribution in [0.15, 0.2) is 42.9 Å². The summed E-state index contributed by atoms with van der Waals surface area (Å²) in [5.74, 6) is 0.0815. The fourth-order valence-electron chi connectivity index (χ4n) is 4.03. The number of primary amides is 1. The second kappa shape index (κ2) is 7.88. The molecule has 0 radical (unpaired) electrons. The lowest BCUT2D eigenvalue weighted by Crippen LogP contribution is -2.24. The molecule has 4 rings (SSSR count). The number of para-hydroxylation sites is 1. The molecule has 1 aliphatic heterocycles. The standard InChI is InChI=1S/C21H25N5O/c22-21(27)20-11-17(24-14-25-20)10-15-4-3-8-26(9-7-15)13-16-12-23-19-6-2-1-5-18(16)19/h1-2,5-6,11-12,14-15,23H,3-4,7-10,13H2,(H2,22,27)/t15-/m1/s1. The number of aromatic nitrogens is 3. The Kier molecular flexibility index (Phi) is 5.16. The molecule has 1 fully saturated rings. The van der Waals surface area contributed by atoms with Crippen LogP contribution in [0.3, 0.4) is 0 Å². The molecule has 0 aliphatic carbocycles. The number of rotatable bonds is 5. The fraction of sp³-hybridized carbons (Fsp3) is 0.381. The summed E-state index contributed by atoms with van der Waals surface area (Å²) in [7, 11) is 0. The average Bonchev–Trinajstić information content (AvgIpc) is 2.95. The van der Waals surface area contributed by atoms with Crippen LogP contribution in [0.1, 0.15) is 41.0 Å². The predicted molar refractivity (Wildman–Crippen MR) is 105 cm³/mol. The number of fused-ring (bicyclic) bond motifs is 1. The Morgan fingerprint density at radius 3 is 3.00 bits per heavy atom. The first-order valence-corrected chi connectivity index (χ1v) is 9.57. The Labute approximate surface area is 158 Å². The summed E-state index contributed by atoms with van der Waals surface area (Å²) in [5, 5.41) is 1.32. The van der Waals surface area contributed by atoms with Gasteiger partial charge in [-0.2, -0.15) is 0 Å². The minimum absolute atomic E-state index is 0.301. The second-order valence-corrected chi connectivity index (χ2v) is 7.40. The Morgan fingerprint density at radius 2 is 2.11 bits per heavy atom. The third kappa shape index (κ3) is 4.17. The van der Waals surface area contributed by atoms with Gasteiger partial charge in [0.1, 0.15) is 12.0 Å². The van der Waals surface area contributed by atoms with Crippen LogP contribution in [-0.2, 0) is 13.0 Å². The van der Waals surface area contributed by atoms with Crippen molar-refractivity contribution < 1.29 is 4.79 Å². The number of nitrogens with zero attached hydrogens (tertiary/aromatic N) is 3. The zero-order chi connectivity index (χ0) is 18.6. The van der Waals surface area contributed by atoms with Gasteiger partial charge in [-0.25, -0.2) is 9.97 Å². The van der Waals surface area contributed by atoms with E-state index in [9.17, 15) is 4.79 Å². The quantitative estimate of drug-likeness (QED) is 0.729. The van der Waals surface area contributed by atoms with Gasteiger partial charge in [-0.15, -0.1) is 0 Å². The van der Waals surface area contributed by atoms with Crippen LogP contribution in [0.2, 0.25) is 0 Å². The van der Waals surface area contributed by atoms with E-state index in [4.69, 9.17) is 5.73 Å². The first-order valence-electron chi connectivity index (χ1n) is 9.57. The van der Waals surface area contributed by atoms with Crippen molar-refractivity contribution in [1.29, 1.82) is 0 Å². The number of amides is 1. The number of carbonyl (C=O) groups is 1. The predicted octanol–water partition coefficient (Wildman–Crippen LogP) is 2.90. The molecule has 0 unspecified atom stereocenters. The fourth-order valence-corrected chi connectivity index (χ4v) is 4.03. The van der Waals surface area contributed by atoms with E-state index in [2.05, 4.69) is 50.3 Å². The van der Waals surface area contributed by atoms with Crippen molar-refractivity contribution in [3.8, 4) is 0 Å². The minimum atomic E-state index is -0.496. The lowest BCUT2D eigenvalue weighted by atomic mass is 9.95. The number of carbonyl (C=O) groups excluding carboxylic acids is 1. The summed E-state index contributed by atoms with van der Waals surface area (Å²) in [6.45, 7) is 3.18. The van der Waals surface area contributed by atoms with Gasteiger partial charge in [0.2, 0.25) is 0 Å². The van der Waals surface area contributed by atoms with Crippen LogP contribution >= 0.6 is 0 Å². The molecule has 1 saturated heterocycles. The maximum atomic E-state index is 11.3. The zero-order valence-corrected chi connectivity index (χ0v) is 15.4. The zero-order valence-electron chi connectivity index (χ0n) is 15.4. The largest absolute Gasteiger partial charge is 0.364 e. The molecule has 0 saturated carbocycles. The molecule has 0 bridgehead atoms. The Morgan fingerprint density at radius 1 is 1.22 bits per heavy atom. The molecular formula is C21H25N5O. The van der Waals surface area contributed by atoms with Gasteiger partial charge < -0.3 is 10.7 Å². The molecule has 2 aromatic heterocycles. The van der Waals surface area contributed by atoms with Gasteiger partial charge >= 0.3 is 0 Å². The van der Waals surface area contributed by atoms with Gasteiger partial charge in [0, 0.05) is 29.3 Å². The monoisotopic (exact) mass is 363 g/mol. The summed E-state index contributed by atoms with van der Waals surface area (Å²) in [5.41, 5.74) is 9.11. The van der Waals surface area contributed by atoms with Crippen LogP contribution in [0.4, 0.5) is 0 Å². The Hall–Kier alpha value is -2.73. The van der Waals surface area contributed by atoms with E-state index < -0.39 is 5.91 Å². The van der Waals surface area contributed by atoms with Crippen LogP contribution < -0.4 is 5.73 Å². The van der Waals surface area contributed by atoms with Gasteiger partial charge in [0.15, 0.2) is 0 Å². The van der Waals surface area contributed by atoms with Gasteiger partial charge in [-0.3, -0.25) is 9.69 Å². The molecule has 6 heteroatoms. The molecule has 1 atom stereocenters. The molecule has 1 aromatic carbocycles. The number of hydrogen-bond donors (Lipinski definition) is 2. The molecule has 1 amide bonds. The van der Waals surface area contributed by atoms with Crippen molar-refractivity contribution in [2.45, 2.75) is 32.2 Å². The Bertz CT molecular complexity index is 935. The van der Waals surface area contributed by atoms with Crippen molar-refractivity contribution in [1.82, 2.24) is 19.9 Å². The van der Waals surface area contributed by atoms with E-state index >= 15 is 0 Å². The first-order chi connectivity index (χ1) is 13.2. The van der Waals surface area contributed by atoms with Gasteiger partial charge in [-0.1, -0.05) is 18.2 Å². The van der Waals surface area contributed by atoms with Crippen LogP contribution in [0.25, 0.3) is 10.9 Å². The first kappa shape index (κ1) is 17.7. The molecule has 3 aromatic rings. The topological polar surface area (TPSA) is 87.9 Å². The number of aromatic amines is 1. The molecular weight excluding hydrogens is 338 g/mol. The lowest BCUT2D eigenvalue weighted by molar-refractivity contribution is 0.0995. The van der Waals surface area contributed by atoms with Gasteiger partial charge in [0.05, 0.1) is 0 Å². The molecule has 3 heterocycles. The number of likely N-dealkylation sites (tertiary alicyclic amines) is 1. The highest BCUT2D eigenvalue weighted by Gasteiger charge is 2.19. The van der Waals surface area contributed by atoms with Crippen LogP contribution in [-0.4, -0.2) is 38.8 Å². The molecule has 0 spiro atoms. The SMILES string of the molecule is NC(=O)c1cc(C[C@@H]2CCCN(Cc3c[nH]c4ccccc34)CC2)ncn1. The molecule has 6 nitrogen and oxygen atoms in total. The number of nitrogens with two attached hydrogens (primary N) is 1. The highest BCUT2D eigenvalue weighted by atomic mass is 16.1. The number of nitrogens with one attached hydrogen (secondary N) is 1. The van der Waals surface area contributed by atoms with E-state index in [1.807, 2.05) is 0 Å². The third-order valence-corrected chi connectivity index (χ3v) is 5.48. The Balaban J connectivity index is 1.38. The van der Waals surface area contributed by atoms with E-state index in [0.717, 1.165) is 38.2 Å². The third-order valence-electron chi connectivity index (χ3n) is 5.48. The summed E-state index contributed by atoms with van der Waals surface area (Å²) >= 11 is 0. The second-order valence-electron chi connectivity index (χ2n) is 7.40. The van der Waals surface area contributed by atoms with E-state index in [1.165, 1.54) is 35.6 Å². The van der Waals surface area contributed by atoms with Crippen molar-refractivity contribution >= 4 is 16.8 Å². The van der Waals surface area contributed by atoms with Gasteiger partial charge in [-0.05, 0) is 62.4 Å². The van der Waals surface area contributed by atoms with Crippen molar-refractivity contribution in [3.63, 3.8) is 0 Å². The molecule has 27 heavy (non-hydrogen) atoms. The van der Waals surface area contributed by atoms with E-state index in [0.29, 0.717) is 11.6 Å².